The molecule has 10 nitrogen and oxygen atoms in total. The number of carbonyl (C=O) groups is 2. The zero-order valence-electron chi connectivity index (χ0n) is 19.9. The number of halogens is 3. The molecule has 2 heterocycles. The average molecular weight is 549 g/mol. The zero-order chi connectivity index (χ0) is 27.5. The number of anilines is 1. The Hall–Kier alpha value is -3.57. The van der Waals surface area contributed by atoms with Crippen molar-refractivity contribution in [3.05, 3.63) is 36.7 Å². The van der Waals surface area contributed by atoms with Gasteiger partial charge in [-0.05, 0) is 49.8 Å². The molecule has 1 aliphatic heterocycles. The first-order chi connectivity index (χ1) is 17.8. The molecule has 3 aliphatic rings. The fourth-order valence-electron chi connectivity index (χ4n) is 4.77. The van der Waals surface area contributed by atoms with Crippen molar-refractivity contribution >= 4 is 27.6 Å². The van der Waals surface area contributed by atoms with Gasteiger partial charge in [0.2, 0.25) is 17.8 Å². The third-order valence-electron chi connectivity index (χ3n) is 7.50. The Morgan fingerprint density at radius 1 is 1.08 bits per heavy atom. The maximum absolute atomic E-state index is 13.7. The smallest absolute Gasteiger partial charge is 0.368 e. The molecule has 1 saturated heterocycles. The number of nitrogens with one attached hydrogen (secondary N) is 1. The molecule has 200 valence electrons. The van der Waals surface area contributed by atoms with Crippen molar-refractivity contribution in [1.82, 2.24) is 20.2 Å². The van der Waals surface area contributed by atoms with E-state index >= 15 is 0 Å². The van der Waals surface area contributed by atoms with Crippen molar-refractivity contribution in [3.63, 3.8) is 0 Å². The Balaban J connectivity index is 1.34. The number of carbonyl (C=O) groups excluding carboxylic acids is 2. The highest BCUT2D eigenvalue weighted by Crippen LogP contribution is 2.60. The van der Waals surface area contributed by atoms with Gasteiger partial charge in [0.15, 0.2) is 9.84 Å². The minimum Gasteiger partial charge on any atom is -0.368 e. The molecule has 2 atom stereocenters. The third kappa shape index (κ3) is 4.19. The Morgan fingerprint density at radius 2 is 1.68 bits per heavy atom. The largest absolute Gasteiger partial charge is 0.403 e. The molecule has 1 aromatic carbocycles. The van der Waals surface area contributed by atoms with Crippen LogP contribution in [0.1, 0.15) is 32.1 Å². The van der Waals surface area contributed by atoms with Crippen LogP contribution in [0.25, 0.3) is 11.1 Å². The number of amides is 2. The molecule has 2 aromatic rings. The SMILES string of the molecule is N#CC1(N(C(=O)[C@@H]2C[C@@H](S(=O)(=O)c3ccc(-c4cnc(N)nc4)cc3)CN2)C(=O)C2(C(F)(F)F)CC2)CC1. The fraction of sp³-hybridized carbons (Fsp3) is 0.458. The lowest BCUT2D eigenvalue weighted by Gasteiger charge is -2.32. The van der Waals surface area contributed by atoms with Gasteiger partial charge in [-0.1, -0.05) is 12.1 Å². The van der Waals surface area contributed by atoms with Crippen LogP contribution in [-0.2, 0) is 19.4 Å². The normalized spacial score (nSPS) is 23.3. The van der Waals surface area contributed by atoms with Crippen LogP contribution >= 0.6 is 0 Å². The summed E-state index contributed by atoms with van der Waals surface area (Å²) in [6.45, 7) is -0.141. The lowest BCUT2D eigenvalue weighted by molar-refractivity contribution is -0.200. The number of nitrogens with zero attached hydrogens (tertiary/aromatic N) is 4. The highest BCUT2D eigenvalue weighted by atomic mass is 32.2. The Bertz CT molecular complexity index is 1430. The summed E-state index contributed by atoms with van der Waals surface area (Å²) >= 11 is 0. The van der Waals surface area contributed by atoms with Gasteiger partial charge < -0.3 is 11.1 Å². The topological polar surface area (TPSA) is 159 Å². The number of alkyl halides is 3. The zero-order valence-corrected chi connectivity index (χ0v) is 20.7. The molecule has 2 aliphatic carbocycles. The van der Waals surface area contributed by atoms with Crippen molar-refractivity contribution in [2.24, 2.45) is 5.41 Å². The van der Waals surface area contributed by atoms with E-state index in [0.717, 1.165) is 0 Å². The van der Waals surface area contributed by atoms with Gasteiger partial charge in [0.05, 0.1) is 22.3 Å². The van der Waals surface area contributed by atoms with E-state index in [4.69, 9.17) is 5.73 Å². The van der Waals surface area contributed by atoms with Crippen molar-refractivity contribution < 1.29 is 31.2 Å². The maximum atomic E-state index is 13.7. The molecular weight excluding hydrogens is 525 g/mol. The standard InChI is InChI=1S/C24H23F3N6O4S/c25-24(26,27)23(7-8-23)20(35)33(22(13-28)5-6-22)19(34)18-9-17(12-30-18)38(36,37)16-3-1-14(2-4-16)15-10-31-21(29)32-11-15/h1-4,10-11,17-18,30H,5-9,12H2,(H2,29,31,32)/t17-,18+/m1/s1. The second kappa shape index (κ2) is 8.74. The fourth-order valence-corrected chi connectivity index (χ4v) is 6.43. The van der Waals surface area contributed by atoms with Gasteiger partial charge in [0.25, 0.3) is 0 Å². The number of hydrogen-bond acceptors (Lipinski definition) is 9. The Kier molecular flexibility index (Phi) is 5.99. The predicted molar refractivity (Wildman–Crippen MR) is 126 cm³/mol. The summed E-state index contributed by atoms with van der Waals surface area (Å²) in [5, 5.41) is 11.3. The minimum absolute atomic E-state index is 0.00450. The lowest BCUT2D eigenvalue weighted by Crippen LogP contribution is -2.56. The van der Waals surface area contributed by atoms with Gasteiger partial charge >= 0.3 is 6.18 Å². The van der Waals surface area contributed by atoms with Gasteiger partial charge in [-0.2, -0.15) is 18.4 Å². The van der Waals surface area contributed by atoms with Crippen LogP contribution in [0.15, 0.2) is 41.6 Å². The quantitative estimate of drug-likeness (QED) is 0.515. The number of nitriles is 1. The molecule has 2 saturated carbocycles. The molecular formula is C24H23F3N6O4S. The molecule has 0 bridgehead atoms. The van der Waals surface area contributed by atoms with E-state index in [1.807, 2.05) is 6.07 Å². The number of sulfone groups is 1. The monoisotopic (exact) mass is 548 g/mol. The third-order valence-corrected chi connectivity index (χ3v) is 9.67. The minimum atomic E-state index is -4.85. The van der Waals surface area contributed by atoms with Crippen LogP contribution in [0, 0.1) is 16.7 Å². The van der Waals surface area contributed by atoms with Crippen molar-refractivity contribution in [2.45, 2.75) is 60.0 Å². The van der Waals surface area contributed by atoms with Crippen LogP contribution in [-0.4, -0.2) is 64.7 Å². The second-order valence-electron chi connectivity index (χ2n) is 9.92. The Labute approximate surface area is 216 Å². The molecule has 3 N–H and O–H groups in total. The van der Waals surface area contributed by atoms with Crippen LogP contribution in [0.2, 0.25) is 0 Å². The van der Waals surface area contributed by atoms with Gasteiger partial charge in [-0.15, -0.1) is 0 Å². The number of rotatable bonds is 6. The first-order valence-corrected chi connectivity index (χ1v) is 13.4. The molecule has 14 heteroatoms. The molecule has 2 amide bonds. The summed E-state index contributed by atoms with van der Waals surface area (Å²) < 4.78 is 67.6. The van der Waals surface area contributed by atoms with Gasteiger partial charge in [0, 0.05) is 24.5 Å². The highest BCUT2D eigenvalue weighted by molar-refractivity contribution is 7.92. The van der Waals surface area contributed by atoms with Crippen LogP contribution in [0.5, 0.6) is 0 Å². The predicted octanol–water partition coefficient (Wildman–Crippen LogP) is 1.98. The lowest BCUT2D eigenvalue weighted by atomic mass is 10.0. The van der Waals surface area contributed by atoms with E-state index in [1.165, 1.54) is 24.5 Å². The van der Waals surface area contributed by atoms with E-state index in [9.17, 15) is 36.4 Å². The summed E-state index contributed by atoms with van der Waals surface area (Å²) in [6, 6.07) is 6.56. The van der Waals surface area contributed by atoms with Crippen molar-refractivity contribution in [1.29, 1.82) is 5.26 Å². The number of imide groups is 1. The molecule has 0 unspecified atom stereocenters. The molecule has 1 aromatic heterocycles. The van der Waals surface area contributed by atoms with Crippen molar-refractivity contribution in [3.8, 4) is 17.2 Å². The summed E-state index contributed by atoms with van der Waals surface area (Å²) in [6.07, 6.45) is -2.86. The van der Waals surface area contributed by atoms with Crippen molar-refractivity contribution in [2.75, 3.05) is 12.3 Å². The molecule has 0 spiro atoms. The van der Waals surface area contributed by atoms with E-state index in [1.54, 1.807) is 12.1 Å². The second-order valence-corrected chi connectivity index (χ2v) is 12.1. The molecule has 3 fully saturated rings. The average Bonchev–Trinajstić information content (AvgIpc) is 3.81. The first-order valence-electron chi connectivity index (χ1n) is 11.9. The molecule has 5 rings (SSSR count). The first kappa shape index (κ1) is 26.1. The number of nitrogens with two attached hydrogens (primary N) is 1. The molecule has 0 radical (unpaired) electrons. The van der Waals surface area contributed by atoms with Crippen LogP contribution < -0.4 is 11.1 Å². The molecule has 38 heavy (non-hydrogen) atoms. The van der Waals surface area contributed by atoms with E-state index in [0.29, 0.717) is 16.0 Å². The number of benzene rings is 1. The number of nitrogen functional groups attached to an aromatic ring is 1. The van der Waals surface area contributed by atoms with E-state index in [2.05, 4.69) is 15.3 Å². The summed E-state index contributed by atoms with van der Waals surface area (Å²) in [5.74, 6) is -2.33. The summed E-state index contributed by atoms with van der Waals surface area (Å²) in [5.41, 5.74) is 2.46. The van der Waals surface area contributed by atoms with Gasteiger partial charge in [-0.3, -0.25) is 14.5 Å². The summed E-state index contributed by atoms with van der Waals surface area (Å²) in [4.78, 5) is 34.7. The van der Waals surface area contributed by atoms with E-state index < -0.39 is 62.9 Å². The van der Waals surface area contributed by atoms with E-state index in [-0.39, 0.29) is 36.7 Å². The highest BCUT2D eigenvalue weighted by Gasteiger charge is 2.72. The van der Waals surface area contributed by atoms with Crippen LogP contribution in [0.4, 0.5) is 19.1 Å². The van der Waals surface area contributed by atoms with Crippen LogP contribution in [0.3, 0.4) is 0 Å². The van der Waals surface area contributed by atoms with Gasteiger partial charge in [-0.25, -0.2) is 18.4 Å². The number of hydrogen-bond donors (Lipinski definition) is 2. The Morgan fingerprint density at radius 3 is 2.18 bits per heavy atom. The summed E-state index contributed by atoms with van der Waals surface area (Å²) in [7, 11) is -3.94. The number of aromatic nitrogens is 2. The van der Waals surface area contributed by atoms with Gasteiger partial charge in [0.1, 0.15) is 11.0 Å². The maximum Gasteiger partial charge on any atom is 0.403 e.